The van der Waals surface area contributed by atoms with Gasteiger partial charge in [0.05, 0.1) is 11.3 Å². The van der Waals surface area contributed by atoms with Crippen LogP contribution in [0.3, 0.4) is 0 Å². The average molecular weight is 455 g/mol. The highest BCUT2D eigenvalue weighted by Gasteiger charge is 2.16. The van der Waals surface area contributed by atoms with Crippen molar-refractivity contribution in [1.29, 1.82) is 0 Å². The number of amides is 1. The highest BCUT2D eigenvalue weighted by molar-refractivity contribution is 7.99. The third-order valence-electron chi connectivity index (χ3n) is 4.83. The number of aromatic nitrogens is 3. The van der Waals surface area contributed by atoms with Gasteiger partial charge in [0.2, 0.25) is 5.91 Å². The number of hydrogen-bond acceptors (Lipinski definition) is 6. The molecule has 9 heteroatoms. The number of carboxylic acids is 1. The summed E-state index contributed by atoms with van der Waals surface area (Å²) >= 11 is 1.27. The summed E-state index contributed by atoms with van der Waals surface area (Å²) < 4.78 is 7.74. The molecule has 1 amide bonds. The second kappa shape index (κ2) is 10.8. The van der Waals surface area contributed by atoms with Crippen LogP contribution in [0, 0.1) is 6.92 Å². The minimum atomic E-state index is -1.01. The van der Waals surface area contributed by atoms with Gasteiger partial charge in [-0.15, -0.1) is 10.2 Å². The molecule has 3 aromatic rings. The standard InChI is InChI=1S/C23H26N4O4S/c1-4-17-18(22(29)30)10-7-11-19(17)24-21(28)14-32-23-26-25-20(27(23)5-2)13-31-16-9-6-8-15(3)12-16/h6-12H,4-5,13-14H2,1-3H3,(H,24,28)(H,29,30). The Morgan fingerprint density at radius 1 is 1.16 bits per heavy atom. The summed E-state index contributed by atoms with van der Waals surface area (Å²) in [6, 6.07) is 12.7. The Morgan fingerprint density at radius 2 is 1.94 bits per heavy atom. The van der Waals surface area contributed by atoms with Crippen molar-refractivity contribution in [2.24, 2.45) is 0 Å². The maximum atomic E-state index is 12.5. The summed E-state index contributed by atoms with van der Waals surface area (Å²) in [5, 5.41) is 21.2. The summed E-state index contributed by atoms with van der Waals surface area (Å²) in [6.07, 6.45) is 0.500. The second-order valence-corrected chi connectivity index (χ2v) is 8.02. The van der Waals surface area contributed by atoms with Crippen molar-refractivity contribution in [3.05, 3.63) is 65.0 Å². The first kappa shape index (κ1) is 23.3. The maximum absolute atomic E-state index is 12.5. The van der Waals surface area contributed by atoms with E-state index in [1.807, 2.05) is 49.6 Å². The molecule has 2 aromatic carbocycles. The molecule has 0 aliphatic rings. The number of anilines is 1. The largest absolute Gasteiger partial charge is 0.486 e. The van der Waals surface area contributed by atoms with Gasteiger partial charge in [-0.2, -0.15) is 0 Å². The minimum absolute atomic E-state index is 0.122. The van der Waals surface area contributed by atoms with Gasteiger partial charge in [-0.1, -0.05) is 36.9 Å². The predicted molar refractivity (Wildman–Crippen MR) is 123 cm³/mol. The number of rotatable bonds is 10. The van der Waals surface area contributed by atoms with Crippen LogP contribution in [-0.4, -0.2) is 37.5 Å². The molecule has 0 unspecified atom stereocenters. The van der Waals surface area contributed by atoms with Gasteiger partial charge in [0.25, 0.3) is 0 Å². The van der Waals surface area contributed by atoms with Crippen LogP contribution in [0.1, 0.15) is 41.2 Å². The maximum Gasteiger partial charge on any atom is 0.336 e. The van der Waals surface area contributed by atoms with E-state index in [4.69, 9.17) is 4.74 Å². The molecular formula is C23H26N4O4S. The lowest BCUT2D eigenvalue weighted by atomic mass is 10.0. The Balaban J connectivity index is 1.63. The Labute approximate surface area is 191 Å². The van der Waals surface area contributed by atoms with Crippen molar-refractivity contribution < 1.29 is 19.4 Å². The van der Waals surface area contributed by atoms with Gasteiger partial charge in [0.1, 0.15) is 12.4 Å². The van der Waals surface area contributed by atoms with Crippen LogP contribution in [0.4, 0.5) is 5.69 Å². The zero-order valence-electron chi connectivity index (χ0n) is 18.3. The zero-order valence-corrected chi connectivity index (χ0v) is 19.1. The summed E-state index contributed by atoms with van der Waals surface area (Å²) in [6.45, 7) is 6.76. The summed E-state index contributed by atoms with van der Waals surface area (Å²) in [5.41, 5.74) is 2.43. The van der Waals surface area contributed by atoms with Gasteiger partial charge in [-0.25, -0.2) is 4.79 Å². The van der Waals surface area contributed by atoms with Crippen LogP contribution in [0.25, 0.3) is 0 Å². The van der Waals surface area contributed by atoms with E-state index in [1.54, 1.807) is 12.1 Å². The fourth-order valence-electron chi connectivity index (χ4n) is 3.30. The van der Waals surface area contributed by atoms with Gasteiger partial charge in [0, 0.05) is 12.2 Å². The molecule has 0 saturated carbocycles. The highest BCUT2D eigenvalue weighted by Crippen LogP contribution is 2.23. The monoisotopic (exact) mass is 454 g/mol. The number of aromatic carboxylic acids is 1. The molecule has 0 aliphatic heterocycles. The summed E-state index contributed by atoms with van der Waals surface area (Å²) in [5.74, 6) is 0.315. The number of hydrogen-bond donors (Lipinski definition) is 2. The smallest absolute Gasteiger partial charge is 0.336 e. The molecule has 0 spiro atoms. The van der Waals surface area contributed by atoms with E-state index < -0.39 is 5.97 Å². The topological polar surface area (TPSA) is 106 Å². The third-order valence-corrected chi connectivity index (χ3v) is 5.80. The van der Waals surface area contributed by atoms with E-state index in [2.05, 4.69) is 15.5 Å². The van der Waals surface area contributed by atoms with Gasteiger partial charge in [-0.05, 0) is 55.7 Å². The summed E-state index contributed by atoms with van der Waals surface area (Å²) in [7, 11) is 0. The highest BCUT2D eigenvalue weighted by atomic mass is 32.2. The number of benzene rings is 2. The van der Waals surface area contributed by atoms with E-state index in [-0.39, 0.29) is 23.8 Å². The number of thioether (sulfide) groups is 1. The van der Waals surface area contributed by atoms with Crippen LogP contribution in [0.15, 0.2) is 47.6 Å². The minimum Gasteiger partial charge on any atom is -0.486 e. The van der Waals surface area contributed by atoms with Gasteiger partial charge in [-0.3, -0.25) is 4.79 Å². The predicted octanol–water partition coefficient (Wildman–Crippen LogP) is 4.18. The molecule has 1 aromatic heterocycles. The molecule has 0 bridgehead atoms. The molecule has 0 fully saturated rings. The Morgan fingerprint density at radius 3 is 2.62 bits per heavy atom. The number of carboxylic acid groups (broad SMARTS) is 1. The van der Waals surface area contributed by atoms with Crippen molar-refractivity contribution in [2.45, 2.75) is 45.5 Å². The number of carbonyl (C=O) groups excluding carboxylic acids is 1. The molecule has 32 heavy (non-hydrogen) atoms. The average Bonchev–Trinajstić information content (AvgIpc) is 3.18. The van der Waals surface area contributed by atoms with E-state index in [1.165, 1.54) is 17.8 Å². The van der Waals surface area contributed by atoms with Crippen molar-refractivity contribution >= 4 is 29.3 Å². The van der Waals surface area contributed by atoms with Crippen molar-refractivity contribution in [3.63, 3.8) is 0 Å². The van der Waals surface area contributed by atoms with Gasteiger partial charge in [0.15, 0.2) is 11.0 Å². The molecule has 3 rings (SSSR count). The van der Waals surface area contributed by atoms with Crippen molar-refractivity contribution in [1.82, 2.24) is 14.8 Å². The molecule has 2 N–H and O–H groups in total. The van der Waals surface area contributed by atoms with Crippen molar-refractivity contribution in [2.75, 3.05) is 11.1 Å². The number of aryl methyl sites for hydroxylation is 1. The lowest BCUT2D eigenvalue weighted by molar-refractivity contribution is -0.113. The zero-order chi connectivity index (χ0) is 23.1. The molecule has 0 saturated heterocycles. The molecule has 0 radical (unpaired) electrons. The lowest BCUT2D eigenvalue weighted by Gasteiger charge is -2.12. The molecule has 168 valence electrons. The Bertz CT molecular complexity index is 1110. The fourth-order valence-corrected chi connectivity index (χ4v) is 4.13. The van der Waals surface area contributed by atoms with Crippen LogP contribution < -0.4 is 10.1 Å². The normalized spacial score (nSPS) is 10.7. The van der Waals surface area contributed by atoms with E-state index in [0.29, 0.717) is 35.2 Å². The van der Waals surface area contributed by atoms with E-state index in [9.17, 15) is 14.7 Å². The fraction of sp³-hybridized carbons (Fsp3) is 0.304. The van der Waals surface area contributed by atoms with Gasteiger partial charge >= 0.3 is 5.97 Å². The SMILES string of the molecule is CCc1c(NC(=O)CSc2nnc(COc3cccc(C)c3)n2CC)cccc1C(=O)O. The first-order valence-electron chi connectivity index (χ1n) is 10.3. The molecule has 1 heterocycles. The van der Waals surface area contributed by atoms with E-state index in [0.717, 1.165) is 11.3 Å². The molecular weight excluding hydrogens is 428 g/mol. The second-order valence-electron chi connectivity index (χ2n) is 7.08. The van der Waals surface area contributed by atoms with Gasteiger partial charge < -0.3 is 19.7 Å². The quantitative estimate of drug-likeness (QED) is 0.443. The number of nitrogens with one attached hydrogen (secondary N) is 1. The van der Waals surface area contributed by atoms with Crippen LogP contribution in [0.2, 0.25) is 0 Å². The first-order valence-corrected chi connectivity index (χ1v) is 11.3. The molecule has 0 aliphatic carbocycles. The third kappa shape index (κ3) is 5.67. The Hall–Kier alpha value is -3.33. The van der Waals surface area contributed by atoms with Crippen LogP contribution in [-0.2, 0) is 24.4 Å². The number of ether oxygens (including phenoxy) is 1. The molecule has 8 nitrogen and oxygen atoms in total. The number of carbonyl (C=O) groups is 2. The first-order chi connectivity index (χ1) is 15.4. The lowest BCUT2D eigenvalue weighted by Crippen LogP contribution is -2.17. The van der Waals surface area contributed by atoms with Crippen molar-refractivity contribution in [3.8, 4) is 5.75 Å². The van der Waals surface area contributed by atoms with Crippen LogP contribution >= 0.6 is 11.8 Å². The van der Waals surface area contributed by atoms with E-state index >= 15 is 0 Å². The molecule has 0 atom stereocenters. The number of nitrogens with zero attached hydrogens (tertiary/aromatic N) is 3. The Kier molecular flexibility index (Phi) is 7.88. The summed E-state index contributed by atoms with van der Waals surface area (Å²) in [4.78, 5) is 23.9. The van der Waals surface area contributed by atoms with Crippen LogP contribution in [0.5, 0.6) is 5.75 Å².